The zero-order valence-electron chi connectivity index (χ0n) is 11.5. The highest BCUT2D eigenvalue weighted by Gasteiger charge is 2.18. The number of aromatic nitrogens is 1. The fraction of sp³-hybridized carbons (Fsp3) is 0.438. The van der Waals surface area contributed by atoms with Crippen LogP contribution in [-0.4, -0.2) is 10.5 Å². The van der Waals surface area contributed by atoms with E-state index in [4.69, 9.17) is 0 Å². The van der Waals surface area contributed by atoms with Gasteiger partial charge in [-0.2, -0.15) is 0 Å². The molecule has 96 valence electrons. The van der Waals surface area contributed by atoms with Crippen LogP contribution in [0.15, 0.2) is 36.7 Å². The van der Waals surface area contributed by atoms with Gasteiger partial charge in [-0.25, -0.2) is 0 Å². The molecule has 2 nitrogen and oxygen atoms in total. The van der Waals surface area contributed by atoms with E-state index in [1.165, 1.54) is 16.3 Å². The van der Waals surface area contributed by atoms with Gasteiger partial charge in [-0.05, 0) is 30.7 Å². The van der Waals surface area contributed by atoms with Crippen molar-refractivity contribution in [2.24, 2.45) is 0 Å². The SMILES string of the molecule is CCC(C)(CC)NCc1cncc2ccccc12. The van der Waals surface area contributed by atoms with E-state index in [0.717, 1.165) is 19.4 Å². The molecule has 0 spiro atoms. The molecule has 1 N–H and O–H groups in total. The smallest absolute Gasteiger partial charge is 0.0346 e. The van der Waals surface area contributed by atoms with Crippen LogP contribution < -0.4 is 5.32 Å². The topological polar surface area (TPSA) is 24.9 Å². The third-order valence-electron chi connectivity index (χ3n) is 4.02. The first-order chi connectivity index (χ1) is 8.68. The van der Waals surface area contributed by atoms with Crippen LogP contribution in [0.4, 0.5) is 0 Å². The molecule has 1 aromatic carbocycles. The highest BCUT2D eigenvalue weighted by Crippen LogP contribution is 2.19. The van der Waals surface area contributed by atoms with E-state index in [2.05, 4.69) is 55.3 Å². The Bertz CT molecular complexity index is 510. The standard InChI is InChI=1S/C16H22N2/c1-4-16(3,5-2)18-12-14-11-17-10-13-8-6-7-9-15(13)14/h6-11,18H,4-5,12H2,1-3H3. The molecule has 0 aliphatic carbocycles. The molecule has 2 heteroatoms. The van der Waals surface area contributed by atoms with Gasteiger partial charge in [-0.15, -0.1) is 0 Å². The van der Waals surface area contributed by atoms with Crippen molar-refractivity contribution in [3.63, 3.8) is 0 Å². The van der Waals surface area contributed by atoms with Crippen LogP contribution in [0.3, 0.4) is 0 Å². The Balaban J connectivity index is 2.22. The predicted octanol–water partition coefficient (Wildman–Crippen LogP) is 3.90. The number of nitrogens with zero attached hydrogens (tertiary/aromatic N) is 1. The second-order valence-electron chi connectivity index (χ2n) is 5.14. The van der Waals surface area contributed by atoms with Crippen molar-refractivity contribution in [2.75, 3.05) is 0 Å². The summed E-state index contributed by atoms with van der Waals surface area (Å²) in [4.78, 5) is 4.33. The van der Waals surface area contributed by atoms with Crippen molar-refractivity contribution in [2.45, 2.75) is 45.7 Å². The Morgan fingerprint density at radius 1 is 1.11 bits per heavy atom. The lowest BCUT2D eigenvalue weighted by atomic mass is 9.95. The Labute approximate surface area is 109 Å². The Morgan fingerprint density at radius 2 is 1.83 bits per heavy atom. The lowest BCUT2D eigenvalue weighted by molar-refractivity contribution is 0.330. The number of benzene rings is 1. The highest BCUT2D eigenvalue weighted by atomic mass is 15.0. The minimum atomic E-state index is 0.219. The van der Waals surface area contributed by atoms with Gasteiger partial charge >= 0.3 is 0 Å². The summed E-state index contributed by atoms with van der Waals surface area (Å²) in [5.74, 6) is 0. The second kappa shape index (κ2) is 5.49. The average molecular weight is 242 g/mol. The quantitative estimate of drug-likeness (QED) is 0.860. The van der Waals surface area contributed by atoms with Crippen LogP contribution in [0.2, 0.25) is 0 Å². The summed E-state index contributed by atoms with van der Waals surface area (Å²) in [5.41, 5.74) is 1.50. The van der Waals surface area contributed by atoms with Crippen LogP contribution in [-0.2, 0) is 6.54 Å². The van der Waals surface area contributed by atoms with Gasteiger partial charge in [-0.3, -0.25) is 4.98 Å². The van der Waals surface area contributed by atoms with Gasteiger partial charge in [0.15, 0.2) is 0 Å². The third kappa shape index (κ3) is 2.70. The number of hydrogen-bond acceptors (Lipinski definition) is 2. The molecule has 0 atom stereocenters. The first-order valence-electron chi connectivity index (χ1n) is 6.75. The van der Waals surface area contributed by atoms with E-state index in [1.807, 2.05) is 12.4 Å². The van der Waals surface area contributed by atoms with Crippen molar-refractivity contribution in [3.8, 4) is 0 Å². The van der Waals surface area contributed by atoms with E-state index < -0.39 is 0 Å². The number of nitrogens with one attached hydrogen (secondary N) is 1. The minimum Gasteiger partial charge on any atom is -0.307 e. The Morgan fingerprint density at radius 3 is 2.56 bits per heavy atom. The van der Waals surface area contributed by atoms with Crippen molar-refractivity contribution in [1.29, 1.82) is 0 Å². The molecular formula is C16H22N2. The highest BCUT2D eigenvalue weighted by molar-refractivity contribution is 5.84. The maximum atomic E-state index is 4.33. The molecule has 0 saturated heterocycles. The molecule has 0 amide bonds. The molecule has 1 aromatic heterocycles. The van der Waals surface area contributed by atoms with Crippen molar-refractivity contribution >= 4 is 10.8 Å². The van der Waals surface area contributed by atoms with E-state index in [9.17, 15) is 0 Å². The van der Waals surface area contributed by atoms with Crippen molar-refractivity contribution in [3.05, 3.63) is 42.2 Å². The number of fused-ring (bicyclic) bond motifs is 1. The molecule has 2 rings (SSSR count). The molecule has 0 saturated carbocycles. The maximum absolute atomic E-state index is 4.33. The Kier molecular flexibility index (Phi) is 3.97. The van der Waals surface area contributed by atoms with Crippen molar-refractivity contribution < 1.29 is 0 Å². The summed E-state index contributed by atoms with van der Waals surface area (Å²) in [7, 11) is 0. The van der Waals surface area contributed by atoms with Crippen LogP contribution >= 0.6 is 0 Å². The lowest BCUT2D eigenvalue weighted by Gasteiger charge is -2.28. The average Bonchev–Trinajstić information content (AvgIpc) is 2.44. The largest absolute Gasteiger partial charge is 0.307 e. The fourth-order valence-corrected chi connectivity index (χ4v) is 2.13. The zero-order valence-corrected chi connectivity index (χ0v) is 11.5. The molecule has 0 radical (unpaired) electrons. The lowest BCUT2D eigenvalue weighted by Crippen LogP contribution is -2.40. The van der Waals surface area contributed by atoms with Gasteiger partial charge in [-0.1, -0.05) is 38.1 Å². The second-order valence-corrected chi connectivity index (χ2v) is 5.14. The molecule has 0 bridgehead atoms. The van der Waals surface area contributed by atoms with Gasteiger partial charge in [0.1, 0.15) is 0 Å². The monoisotopic (exact) mass is 242 g/mol. The summed E-state index contributed by atoms with van der Waals surface area (Å²) in [6, 6.07) is 8.43. The maximum Gasteiger partial charge on any atom is 0.0346 e. The molecule has 18 heavy (non-hydrogen) atoms. The molecule has 0 aliphatic heterocycles. The van der Waals surface area contributed by atoms with Crippen LogP contribution in [0.1, 0.15) is 39.2 Å². The zero-order chi connectivity index (χ0) is 13.0. The number of pyridine rings is 1. The first kappa shape index (κ1) is 13.0. The summed E-state index contributed by atoms with van der Waals surface area (Å²) < 4.78 is 0. The first-order valence-corrected chi connectivity index (χ1v) is 6.75. The summed E-state index contributed by atoms with van der Waals surface area (Å²) >= 11 is 0. The van der Waals surface area contributed by atoms with Gasteiger partial charge in [0.05, 0.1) is 0 Å². The van der Waals surface area contributed by atoms with Gasteiger partial charge < -0.3 is 5.32 Å². The van der Waals surface area contributed by atoms with E-state index in [-0.39, 0.29) is 5.54 Å². The molecule has 1 heterocycles. The van der Waals surface area contributed by atoms with Gasteiger partial charge in [0.2, 0.25) is 0 Å². The fourth-order valence-electron chi connectivity index (χ4n) is 2.13. The summed E-state index contributed by atoms with van der Waals surface area (Å²) in [5, 5.41) is 6.18. The predicted molar refractivity (Wildman–Crippen MR) is 77.6 cm³/mol. The third-order valence-corrected chi connectivity index (χ3v) is 4.02. The van der Waals surface area contributed by atoms with Gasteiger partial charge in [0.25, 0.3) is 0 Å². The number of hydrogen-bond donors (Lipinski definition) is 1. The van der Waals surface area contributed by atoms with Crippen LogP contribution in [0, 0.1) is 0 Å². The number of rotatable bonds is 5. The van der Waals surface area contributed by atoms with E-state index >= 15 is 0 Å². The molecular weight excluding hydrogens is 220 g/mol. The summed E-state index contributed by atoms with van der Waals surface area (Å²) in [6.45, 7) is 7.63. The van der Waals surface area contributed by atoms with E-state index in [0.29, 0.717) is 0 Å². The molecule has 0 unspecified atom stereocenters. The molecule has 0 aliphatic rings. The normalized spacial score (nSPS) is 11.9. The molecule has 0 fully saturated rings. The van der Waals surface area contributed by atoms with Crippen molar-refractivity contribution in [1.82, 2.24) is 10.3 Å². The van der Waals surface area contributed by atoms with Crippen LogP contribution in [0.25, 0.3) is 10.8 Å². The van der Waals surface area contributed by atoms with Gasteiger partial charge in [0, 0.05) is 29.9 Å². The van der Waals surface area contributed by atoms with E-state index in [1.54, 1.807) is 0 Å². The Hall–Kier alpha value is -1.41. The van der Waals surface area contributed by atoms with Crippen LogP contribution in [0.5, 0.6) is 0 Å². The minimum absolute atomic E-state index is 0.219. The summed E-state index contributed by atoms with van der Waals surface area (Å²) in [6.07, 6.45) is 6.18. The molecule has 2 aromatic rings.